The number of carbonyl (C=O) groups is 1. The lowest BCUT2D eigenvalue weighted by molar-refractivity contribution is -0.123. The lowest BCUT2D eigenvalue weighted by Crippen LogP contribution is -2.45. The summed E-state index contributed by atoms with van der Waals surface area (Å²) in [6, 6.07) is -0.531. The standard InChI is InChI=1S/C56H113NO3/c1-3-5-7-9-11-13-15-17-19-21-23-25-27-28-30-32-34-36-38-40-42-44-46-48-50-52-56(60)57-54(53-58)55(59)51-49-47-45-43-41-39-37-35-33-31-29-26-24-22-20-18-16-14-12-10-8-6-4-2/h54-55,58-59H,3-53H2,1-2H3,(H,57,60). The van der Waals surface area contributed by atoms with E-state index in [9.17, 15) is 15.0 Å². The minimum Gasteiger partial charge on any atom is -0.394 e. The Morgan fingerprint density at radius 2 is 0.533 bits per heavy atom. The van der Waals surface area contributed by atoms with E-state index < -0.39 is 12.1 Å². The topological polar surface area (TPSA) is 69.6 Å². The maximum Gasteiger partial charge on any atom is 0.220 e. The zero-order valence-corrected chi connectivity index (χ0v) is 41.5. The smallest absolute Gasteiger partial charge is 0.220 e. The molecule has 0 aliphatic carbocycles. The maximum atomic E-state index is 12.5. The Bertz CT molecular complexity index is 788. The Kier molecular flexibility index (Phi) is 52.2. The third kappa shape index (κ3) is 48.4. The zero-order valence-electron chi connectivity index (χ0n) is 41.5. The minimum atomic E-state index is -0.655. The van der Waals surface area contributed by atoms with Gasteiger partial charge in [0.15, 0.2) is 0 Å². The van der Waals surface area contributed by atoms with Crippen LogP contribution < -0.4 is 5.32 Å². The fourth-order valence-corrected chi connectivity index (χ4v) is 9.31. The van der Waals surface area contributed by atoms with E-state index in [0.29, 0.717) is 12.8 Å². The lowest BCUT2D eigenvalue weighted by atomic mass is 10.0. The number of nitrogens with one attached hydrogen (secondary N) is 1. The average Bonchev–Trinajstić information content (AvgIpc) is 3.25. The van der Waals surface area contributed by atoms with Gasteiger partial charge in [0, 0.05) is 6.42 Å². The quantitative estimate of drug-likeness (QED) is 0.0534. The molecule has 0 aromatic heterocycles. The second kappa shape index (κ2) is 52.7. The van der Waals surface area contributed by atoms with Crippen LogP contribution >= 0.6 is 0 Å². The summed E-state index contributed by atoms with van der Waals surface area (Å²) in [6.07, 6.45) is 66.6. The second-order valence-electron chi connectivity index (χ2n) is 19.7. The van der Waals surface area contributed by atoms with Gasteiger partial charge in [0.2, 0.25) is 5.91 Å². The zero-order chi connectivity index (χ0) is 43.5. The van der Waals surface area contributed by atoms with E-state index in [0.717, 1.165) is 25.7 Å². The first-order chi connectivity index (χ1) is 29.7. The molecule has 2 unspecified atom stereocenters. The number of amides is 1. The summed E-state index contributed by atoms with van der Waals surface area (Å²) in [4.78, 5) is 12.5. The van der Waals surface area contributed by atoms with Crippen molar-refractivity contribution < 1.29 is 15.0 Å². The lowest BCUT2D eigenvalue weighted by Gasteiger charge is -2.22. The average molecular weight is 849 g/mol. The van der Waals surface area contributed by atoms with Crippen LogP contribution in [0.15, 0.2) is 0 Å². The predicted molar refractivity (Wildman–Crippen MR) is 267 cm³/mol. The summed E-state index contributed by atoms with van der Waals surface area (Å²) >= 11 is 0. The van der Waals surface area contributed by atoms with Crippen molar-refractivity contribution in [3.05, 3.63) is 0 Å². The minimum absolute atomic E-state index is 0.0217. The molecular formula is C56H113NO3. The van der Waals surface area contributed by atoms with Gasteiger partial charge in [-0.2, -0.15) is 0 Å². The van der Waals surface area contributed by atoms with E-state index in [-0.39, 0.29) is 12.5 Å². The van der Waals surface area contributed by atoms with E-state index in [1.807, 2.05) is 0 Å². The SMILES string of the molecule is CCCCCCCCCCCCCCCCCCCCCCCCCCCC(=O)NC(CO)C(O)CCCCCCCCCCCCCCCCCCCCCCCCC. The Hall–Kier alpha value is -0.610. The van der Waals surface area contributed by atoms with E-state index >= 15 is 0 Å². The summed E-state index contributed by atoms with van der Waals surface area (Å²) in [5.41, 5.74) is 0. The Morgan fingerprint density at radius 3 is 0.750 bits per heavy atom. The van der Waals surface area contributed by atoms with Crippen LogP contribution in [0.4, 0.5) is 0 Å². The molecule has 3 N–H and O–H groups in total. The van der Waals surface area contributed by atoms with Crippen molar-refractivity contribution in [3.63, 3.8) is 0 Å². The normalized spacial score (nSPS) is 12.7. The van der Waals surface area contributed by atoms with Crippen molar-refractivity contribution >= 4 is 5.91 Å². The van der Waals surface area contributed by atoms with Gasteiger partial charge in [0.1, 0.15) is 0 Å². The summed E-state index contributed by atoms with van der Waals surface area (Å²) in [7, 11) is 0. The van der Waals surface area contributed by atoms with Gasteiger partial charge in [-0.25, -0.2) is 0 Å². The van der Waals surface area contributed by atoms with Gasteiger partial charge in [-0.05, 0) is 12.8 Å². The van der Waals surface area contributed by atoms with Crippen LogP contribution in [0.1, 0.15) is 335 Å². The van der Waals surface area contributed by atoms with Crippen molar-refractivity contribution in [1.82, 2.24) is 5.32 Å². The largest absolute Gasteiger partial charge is 0.394 e. The molecule has 0 radical (unpaired) electrons. The number of hydrogen-bond acceptors (Lipinski definition) is 3. The molecule has 0 aliphatic rings. The van der Waals surface area contributed by atoms with Crippen LogP contribution in [0.25, 0.3) is 0 Å². The third-order valence-corrected chi connectivity index (χ3v) is 13.6. The van der Waals surface area contributed by atoms with Gasteiger partial charge >= 0.3 is 0 Å². The molecule has 1 amide bonds. The molecule has 0 bridgehead atoms. The highest BCUT2D eigenvalue weighted by Gasteiger charge is 2.20. The van der Waals surface area contributed by atoms with Crippen LogP contribution in [-0.2, 0) is 4.79 Å². The molecule has 2 atom stereocenters. The van der Waals surface area contributed by atoms with Gasteiger partial charge in [-0.15, -0.1) is 0 Å². The van der Waals surface area contributed by atoms with Crippen LogP contribution in [0.5, 0.6) is 0 Å². The van der Waals surface area contributed by atoms with Crippen molar-refractivity contribution in [2.24, 2.45) is 0 Å². The molecule has 0 aliphatic heterocycles. The van der Waals surface area contributed by atoms with Gasteiger partial charge in [0.05, 0.1) is 18.8 Å². The van der Waals surface area contributed by atoms with Crippen LogP contribution in [-0.4, -0.2) is 34.9 Å². The van der Waals surface area contributed by atoms with Crippen molar-refractivity contribution in [3.8, 4) is 0 Å². The van der Waals surface area contributed by atoms with Crippen molar-refractivity contribution in [2.75, 3.05) is 6.61 Å². The monoisotopic (exact) mass is 848 g/mol. The first-order valence-electron chi connectivity index (χ1n) is 28.2. The summed E-state index contributed by atoms with van der Waals surface area (Å²) < 4.78 is 0. The van der Waals surface area contributed by atoms with Gasteiger partial charge < -0.3 is 15.5 Å². The fraction of sp³-hybridized carbons (Fsp3) is 0.982. The summed E-state index contributed by atoms with van der Waals surface area (Å²) in [5.74, 6) is -0.0217. The van der Waals surface area contributed by atoms with Crippen LogP contribution in [0, 0.1) is 0 Å². The molecule has 4 nitrogen and oxygen atoms in total. The predicted octanol–water partition coefficient (Wildman–Crippen LogP) is 18.4. The Morgan fingerprint density at radius 1 is 0.333 bits per heavy atom. The van der Waals surface area contributed by atoms with E-state index in [2.05, 4.69) is 19.2 Å². The molecule has 0 fully saturated rings. The number of hydrogen-bond donors (Lipinski definition) is 3. The number of rotatable bonds is 53. The highest BCUT2D eigenvalue weighted by Crippen LogP contribution is 2.18. The van der Waals surface area contributed by atoms with E-state index in [1.54, 1.807) is 0 Å². The molecule has 0 spiro atoms. The van der Waals surface area contributed by atoms with Crippen molar-refractivity contribution in [2.45, 2.75) is 347 Å². The van der Waals surface area contributed by atoms with Crippen LogP contribution in [0.3, 0.4) is 0 Å². The highest BCUT2D eigenvalue weighted by molar-refractivity contribution is 5.76. The Labute approximate surface area is 378 Å². The van der Waals surface area contributed by atoms with Gasteiger partial charge in [-0.1, -0.05) is 316 Å². The molecule has 0 heterocycles. The van der Waals surface area contributed by atoms with Gasteiger partial charge in [0.25, 0.3) is 0 Å². The number of aliphatic hydroxyl groups is 2. The molecule has 60 heavy (non-hydrogen) atoms. The first-order valence-corrected chi connectivity index (χ1v) is 28.2. The maximum absolute atomic E-state index is 12.5. The number of unbranched alkanes of at least 4 members (excludes halogenated alkanes) is 46. The molecule has 0 aromatic rings. The Balaban J connectivity index is 3.40. The van der Waals surface area contributed by atoms with Gasteiger partial charge in [-0.3, -0.25) is 4.79 Å². The molecule has 360 valence electrons. The molecule has 0 aromatic carbocycles. The third-order valence-electron chi connectivity index (χ3n) is 13.6. The first kappa shape index (κ1) is 59.4. The second-order valence-corrected chi connectivity index (χ2v) is 19.7. The fourth-order valence-electron chi connectivity index (χ4n) is 9.31. The molecule has 4 heteroatoms. The molecule has 0 saturated heterocycles. The van der Waals surface area contributed by atoms with Crippen molar-refractivity contribution in [1.29, 1.82) is 0 Å². The summed E-state index contributed by atoms with van der Waals surface area (Å²) in [5, 5.41) is 23.4. The molecule has 0 saturated carbocycles. The van der Waals surface area contributed by atoms with Crippen LogP contribution in [0.2, 0.25) is 0 Å². The number of aliphatic hydroxyl groups excluding tert-OH is 2. The van der Waals surface area contributed by atoms with E-state index in [1.165, 1.54) is 283 Å². The summed E-state index contributed by atoms with van der Waals surface area (Å²) in [6.45, 7) is 4.41. The van der Waals surface area contributed by atoms with E-state index in [4.69, 9.17) is 0 Å². The molecular weight excluding hydrogens is 735 g/mol. The molecule has 0 rings (SSSR count). The highest BCUT2D eigenvalue weighted by atomic mass is 16.3. The number of carbonyl (C=O) groups excluding carboxylic acids is 1.